The average molecular weight is 523 g/mol. The van der Waals surface area contributed by atoms with Crippen LogP contribution in [0.25, 0.3) is 11.1 Å². The highest BCUT2D eigenvalue weighted by Gasteiger charge is 2.66. The predicted molar refractivity (Wildman–Crippen MR) is 146 cm³/mol. The summed E-state index contributed by atoms with van der Waals surface area (Å²) in [5, 5.41) is 15.7. The lowest BCUT2D eigenvalue weighted by Gasteiger charge is -2.69. The second-order valence-corrected chi connectivity index (χ2v) is 13.1. The van der Waals surface area contributed by atoms with Crippen molar-refractivity contribution in [2.75, 3.05) is 27.2 Å². The van der Waals surface area contributed by atoms with Crippen LogP contribution in [-0.2, 0) is 22.5 Å². The van der Waals surface area contributed by atoms with Crippen molar-refractivity contribution in [1.29, 1.82) is 0 Å². The molecule has 1 amide bonds. The molecule has 2 unspecified atom stereocenters. The molecule has 8 heteroatoms. The Balaban J connectivity index is 1.45. The summed E-state index contributed by atoms with van der Waals surface area (Å²) >= 11 is 0. The van der Waals surface area contributed by atoms with Gasteiger partial charge in [-0.05, 0) is 80.9 Å². The van der Waals surface area contributed by atoms with Crippen molar-refractivity contribution < 1.29 is 19.4 Å². The van der Waals surface area contributed by atoms with Crippen LogP contribution in [0.5, 0.6) is 0 Å². The Bertz CT molecular complexity index is 1230. The molecule has 4 aliphatic carbocycles. The first-order chi connectivity index (χ1) is 17.9. The fourth-order valence-electron chi connectivity index (χ4n) is 9.12. The molecule has 38 heavy (non-hydrogen) atoms. The molecule has 2 aromatic heterocycles. The zero-order chi connectivity index (χ0) is 27.3. The number of nitrogens with one attached hydrogen (secondary N) is 2. The van der Waals surface area contributed by atoms with Gasteiger partial charge >= 0.3 is 5.97 Å². The van der Waals surface area contributed by atoms with Crippen molar-refractivity contribution >= 4 is 11.9 Å². The van der Waals surface area contributed by atoms with E-state index >= 15 is 0 Å². The summed E-state index contributed by atoms with van der Waals surface area (Å²) in [7, 11) is 3.53. The van der Waals surface area contributed by atoms with E-state index in [1.807, 2.05) is 13.1 Å². The van der Waals surface area contributed by atoms with E-state index < -0.39 is 5.97 Å². The van der Waals surface area contributed by atoms with E-state index in [1.165, 1.54) is 19.3 Å². The maximum absolute atomic E-state index is 12.1. The normalized spacial score (nSPS) is 31.5. The smallest absolute Gasteiger partial charge is 0.355 e. The summed E-state index contributed by atoms with van der Waals surface area (Å²) in [6.45, 7) is 9.52. The van der Waals surface area contributed by atoms with Crippen molar-refractivity contribution in [1.82, 2.24) is 20.2 Å². The molecule has 0 radical (unpaired) electrons. The maximum Gasteiger partial charge on any atom is 0.355 e. The van der Waals surface area contributed by atoms with E-state index in [0.717, 1.165) is 50.2 Å². The number of carbonyl (C=O) groups excluding carboxylic acids is 1. The number of nitrogens with zero attached hydrogens (tertiary/aromatic N) is 2. The molecule has 4 fully saturated rings. The molecule has 2 aromatic rings. The number of amides is 1. The second kappa shape index (κ2) is 9.49. The molecule has 4 saturated carbocycles. The minimum absolute atomic E-state index is 0.0148. The first kappa shape index (κ1) is 26.9. The summed E-state index contributed by atoms with van der Waals surface area (Å²) in [4.78, 5) is 28.3. The number of pyridine rings is 1. The molecule has 0 aliphatic heterocycles. The van der Waals surface area contributed by atoms with Gasteiger partial charge in [-0.2, -0.15) is 0 Å². The van der Waals surface area contributed by atoms with Crippen LogP contribution in [0.1, 0.15) is 74.2 Å². The van der Waals surface area contributed by atoms with Crippen molar-refractivity contribution in [3.8, 4) is 11.1 Å². The van der Waals surface area contributed by atoms with E-state index in [9.17, 15) is 14.7 Å². The summed E-state index contributed by atoms with van der Waals surface area (Å²) in [5.41, 5.74) is 3.62. The number of aromatic nitrogens is 2. The first-order valence-corrected chi connectivity index (χ1v) is 13.8. The standard InChI is InChI=1S/C30H42N4O4/c1-20-22(23-7-6-21(12-24(35)32-5)33-25(23)26(36)37)8-10-34(20)19-29-14-27(2)13-28(3,15-29)17-30(16-27,18-29)38-11-9-31-4/h6-8,10,31H,9,11-19H2,1-5H3,(H,32,35)(H,36,37). The molecule has 206 valence electrons. The fourth-order valence-corrected chi connectivity index (χ4v) is 9.12. The highest BCUT2D eigenvalue weighted by atomic mass is 16.5. The third kappa shape index (κ3) is 4.89. The van der Waals surface area contributed by atoms with Crippen molar-refractivity contribution in [3.05, 3.63) is 41.5 Å². The van der Waals surface area contributed by atoms with Crippen LogP contribution in [0.3, 0.4) is 0 Å². The molecule has 0 aromatic carbocycles. The average Bonchev–Trinajstić information content (AvgIpc) is 3.15. The Labute approximate surface area is 225 Å². The van der Waals surface area contributed by atoms with Crippen LogP contribution < -0.4 is 10.6 Å². The Morgan fingerprint density at radius 1 is 1.03 bits per heavy atom. The lowest BCUT2D eigenvalue weighted by molar-refractivity contribution is -0.247. The molecule has 2 atom stereocenters. The van der Waals surface area contributed by atoms with E-state index in [2.05, 4.69) is 47.2 Å². The van der Waals surface area contributed by atoms with E-state index in [-0.39, 0.29) is 39.9 Å². The molecule has 4 bridgehead atoms. The van der Waals surface area contributed by atoms with Crippen molar-refractivity contribution in [2.45, 2.75) is 77.9 Å². The Kier molecular flexibility index (Phi) is 6.71. The Morgan fingerprint density at radius 3 is 2.37 bits per heavy atom. The monoisotopic (exact) mass is 522 g/mol. The van der Waals surface area contributed by atoms with Gasteiger partial charge in [-0.15, -0.1) is 0 Å². The van der Waals surface area contributed by atoms with Crippen LogP contribution in [0.4, 0.5) is 0 Å². The summed E-state index contributed by atoms with van der Waals surface area (Å²) < 4.78 is 9.02. The lowest BCUT2D eigenvalue weighted by atomic mass is 9.39. The zero-order valence-corrected chi connectivity index (χ0v) is 23.4. The van der Waals surface area contributed by atoms with Gasteiger partial charge in [-0.25, -0.2) is 9.78 Å². The fraction of sp³-hybridized carbons (Fsp3) is 0.633. The summed E-state index contributed by atoms with van der Waals surface area (Å²) in [5.74, 6) is -1.29. The summed E-state index contributed by atoms with van der Waals surface area (Å²) in [6, 6.07) is 5.56. The molecule has 0 spiro atoms. The van der Waals surface area contributed by atoms with Gasteiger partial charge in [0.25, 0.3) is 0 Å². The largest absolute Gasteiger partial charge is 0.476 e. The van der Waals surface area contributed by atoms with Crippen LogP contribution >= 0.6 is 0 Å². The van der Waals surface area contributed by atoms with Gasteiger partial charge in [-0.1, -0.05) is 19.9 Å². The topological polar surface area (TPSA) is 105 Å². The van der Waals surface area contributed by atoms with Crippen LogP contribution in [0, 0.1) is 23.2 Å². The van der Waals surface area contributed by atoms with Crippen LogP contribution in [0.15, 0.2) is 24.4 Å². The predicted octanol–water partition coefficient (Wildman–Crippen LogP) is 4.20. The number of hydrogen-bond donors (Lipinski definition) is 3. The minimum Gasteiger partial charge on any atom is -0.476 e. The lowest BCUT2D eigenvalue weighted by Crippen LogP contribution is -2.64. The third-order valence-corrected chi connectivity index (χ3v) is 9.23. The van der Waals surface area contributed by atoms with Gasteiger partial charge in [0.05, 0.1) is 24.3 Å². The molecule has 0 saturated heterocycles. The van der Waals surface area contributed by atoms with Gasteiger partial charge in [0.15, 0.2) is 5.69 Å². The van der Waals surface area contributed by atoms with Gasteiger partial charge in [0.2, 0.25) is 5.91 Å². The highest BCUT2D eigenvalue weighted by Crippen LogP contribution is 2.72. The molecular formula is C30H42N4O4. The number of hydrogen-bond acceptors (Lipinski definition) is 5. The zero-order valence-electron chi connectivity index (χ0n) is 23.4. The number of carboxylic acid groups (broad SMARTS) is 1. The molecule has 8 nitrogen and oxygen atoms in total. The van der Waals surface area contributed by atoms with Gasteiger partial charge in [0, 0.05) is 43.2 Å². The third-order valence-electron chi connectivity index (χ3n) is 9.23. The van der Waals surface area contributed by atoms with Crippen LogP contribution in [0.2, 0.25) is 0 Å². The van der Waals surface area contributed by atoms with Gasteiger partial charge < -0.3 is 25.0 Å². The minimum atomic E-state index is -1.09. The number of ether oxygens (including phenoxy) is 1. The molecule has 4 aliphatic rings. The van der Waals surface area contributed by atoms with E-state index in [1.54, 1.807) is 19.2 Å². The molecule has 2 heterocycles. The maximum atomic E-state index is 12.1. The second-order valence-electron chi connectivity index (χ2n) is 13.1. The van der Waals surface area contributed by atoms with E-state index in [0.29, 0.717) is 11.3 Å². The van der Waals surface area contributed by atoms with Gasteiger partial charge in [-0.3, -0.25) is 4.79 Å². The van der Waals surface area contributed by atoms with Crippen LogP contribution in [-0.4, -0.2) is 59.4 Å². The van der Waals surface area contributed by atoms with Crippen molar-refractivity contribution in [2.24, 2.45) is 16.2 Å². The molecule has 3 N–H and O–H groups in total. The van der Waals surface area contributed by atoms with Gasteiger partial charge in [0.1, 0.15) is 0 Å². The SMILES string of the molecule is CNCCOC12CC3(C)CC(C)(CC(Cn4ccc(-c5ccc(CC(=O)NC)nc5C(=O)O)c4C)(C3)C1)C2. The Hall–Kier alpha value is -2.71. The quantitative estimate of drug-likeness (QED) is 0.404. The number of carbonyl (C=O) groups is 2. The number of rotatable bonds is 10. The highest BCUT2D eigenvalue weighted by molar-refractivity contribution is 5.94. The first-order valence-electron chi connectivity index (χ1n) is 13.8. The molecular weight excluding hydrogens is 480 g/mol. The molecule has 6 rings (SSSR count). The number of aromatic carboxylic acids is 1. The number of likely N-dealkylation sites (N-methyl/N-ethyl adjacent to an activating group) is 2. The van der Waals surface area contributed by atoms with Crippen molar-refractivity contribution in [3.63, 3.8) is 0 Å². The summed E-state index contributed by atoms with van der Waals surface area (Å²) in [6.07, 6.45) is 9.20. The Morgan fingerprint density at radius 2 is 1.74 bits per heavy atom. The number of carboxylic acids is 1. The van der Waals surface area contributed by atoms with E-state index in [4.69, 9.17) is 4.74 Å².